The molecular formula is C11H16N6. The number of rotatable bonds is 5. The van der Waals surface area contributed by atoms with Crippen molar-refractivity contribution < 1.29 is 0 Å². The van der Waals surface area contributed by atoms with Crippen molar-refractivity contribution in [3.63, 3.8) is 0 Å². The van der Waals surface area contributed by atoms with Gasteiger partial charge in [-0.3, -0.25) is 9.97 Å². The molecule has 6 nitrogen and oxygen atoms in total. The quantitative estimate of drug-likeness (QED) is 0.825. The predicted octanol–water partition coefficient (Wildman–Crippen LogP) is 0.787. The maximum Gasteiger partial charge on any atom is 0.0951 e. The average molecular weight is 232 g/mol. The van der Waals surface area contributed by atoms with Crippen LogP contribution in [0.3, 0.4) is 0 Å². The first-order chi connectivity index (χ1) is 8.36. The van der Waals surface area contributed by atoms with E-state index < -0.39 is 0 Å². The largest absolute Gasteiger partial charge is 0.307 e. The van der Waals surface area contributed by atoms with Gasteiger partial charge in [0.05, 0.1) is 29.8 Å². The lowest BCUT2D eigenvalue weighted by Crippen LogP contribution is -2.22. The lowest BCUT2D eigenvalue weighted by molar-refractivity contribution is 0.518. The lowest BCUT2D eigenvalue weighted by Gasteiger charge is -2.15. The molecule has 0 fully saturated rings. The monoisotopic (exact) mass is 232 g/mol. The fraction of sp³-hybridized carbons (Fsp3) is 0.455. The molecule has 1 unspecified atom stereocenters. The van der Waals surface area contributed by atoms with Crippen LogP contribution in [0.5, 0.6) is 0 Å². The molecule has 0 spiro atoms. The molecule has 0 aliphatic carbocycles. The van der Waals surface area contributed by atoms with Crippen LogP contribution in [0, 0.1) is 0 Å². The molecule has 0 saturated heterocycles. The van der Waals surface area contributed by atoms with Gasteiger partial charge < -0.3 is 5.32 Å². The second-order valence-corrected chi connectivity index (χ2v) is 3.73. The van der Waals surface area contributed by atoms with E-state index in [0.717, 1.165) is 24.4 Å². The summed E-state index contributed by atoms with van der Waals surface area (Å²) in [5.41, 5.74) is 1.88. The maximum atomic E-state index is 4.31. The van der Waals surface area contributed by atoms with Crippen LogP contribution in [0.25, 0.3) is 0 Å². The number of aryl methyl sites for hydroxylation is 1. The Hall–Kier alpha value is -1.82. The van der Waals surface area contributed by atoms with Crippen LogP contribution in [0.2, 0.25) is 0 Å². The van der Waals surface area contributed by atoms with Gasteiger partial charge in [-0.25, -0.2) is 4.68 Å². The highest BCUT2D eigenvalue weighted by atomic mass is 15.4. The minimum Gasteiger partial charge on any atom is -0.307 e. The van der Waals surface area contributed by atoms with Crippen molar-refractivity contribution in [3.8, 4) is 0 Å². The molecule has 0 bridgehead atoms. The first-order valence-electron chi connectivity index (χ1n) is 5.68. The molecule has 2 rings (SSSR count). The van der Waals surface area contributed by atoms with E-state index in [0.29, 0.717) is 0 Å². The van der Waals surface area contributed by atoms with E-state index in [4.69, 9.17) is 0 Å². The molecule has 1 N–H and O–H groups in total. The fourth-order valence-electron chi connectivity index (χ4n) is 1.78. The first kappa shape index (κ1) is 11.7. The molecule has 0 aliphatic heterocycles. The van der Waals surface area contributed by atoms with Crippen molar-refractivity contribution in [3.05, 3.63) is 36.2 Å². The molecular weight excluding hydrogens is 216 g/mol. The van der Waals surface area contributed by atoms with Crippen molar-refractivity contribution in [2.24, 2.45) is 0 Å². The highest BCUT2D eigenvalue weighted by Gasteiger charge is 2.18. The van der Waals surface area contributed by atoms with Gasteiger partial charge in [0.1, 0.15) is 0 Å². The maximum absolute atomic E-state index is 4.31. The van der Waals surface area contributed by atoms with E-state index in [9.17, 15) is 0 Å². The Morgan fingerprint density at radius 1 is 1.35 bits per heavy atom. The number of hydrogen-bond acceptors (Lipinski definition) is 5. The summed E-state index contributed by atoms with van der Waals surface area (Å²) in [6.45, 7) is 2.97. The summed E-state index contributed by atoms with van der Waals surface area (Å²) in [6.07, 6.45) is 7.90. The zero-order valence-electron chi connectivity index (χ0n) is 10.0. The summed E-state index contributed by atoms with van der Waals surface area (Å²) < 4.78 is 1.90. The number of nitrogens with one attached hydrogen (secondary N) is 1. The van der Waals surface area contributed by atoms with Crippen molar-refractivity contribution in [1.29, 1.82) is 0 Å². The third kappa shape index (κ3) is 2.47. The lowest BCUT2D eigenvalue weighted by atomic mass is 10.1. The predicted molar refractivity (Wildman–Crippen MR) is 63.2 cm³/mol. The summed E-state index contributed by atoms with van der Waals surface area (Å²) in [5, 5.41) is 11.3. The van der Waals surface area contributed by atoms with Crippen LogP contribution in [0.4, 0.5) is 0 Å². The number of nitrogens with zero attached hydrogens (tertiary/aromatic N) is 5. The van der Waals surface area contributed by atoms with Crippen LogP contribution in [0.1, 0.15) is 30.8 Å². The third-order valence-electron chi connectivity index (χ3n) is 2.55. The molecule has 2 aromatic heterocycles. The number of aromatic nitrogens is 5. The van der Waals surface area contributed by atoms with E-state index in [-0.39, 0.29) is 6.04 Å². The Labute approximate surface area is 100 Å². The van der Waals surface area contributed by atoms with E-state index in [1.54, 1.807) is 24.8 Å². The topological polar surface area (TPSA) is 68.5 Å². The van der Waals surface area contributed by atoms with Gasteiger partial charge in [0.15, 0.2) is 0 Å². The molecule has 0 radical (unpaired) electrons. The third-order valence-corrected chi connectivity index (χ3v) is 2.55. The van der Waals surface area contributed by atoms with E-state index in [2.05, 4.69) is 32.5 Å². The molecule has 17 heavy (non-hydrogen) atoms. The van der Waals surface area contributed by atoms with Crippen molar-refractivity contribution >= 4 is 0 Å². The Bertz CT molecular complexity index is 452. The highest BCUT2D eigenvalue weighted by molar-refractivity contribution is 5.17. The SMILES string of the molecule is CCCn1nncc1C(NC)c1cnccn1. The Morgan fingerprint density at radius 2 is 2.24 bits per heavy atom. The Morgan fingerprint density at radius 3 is 2.88 bits per heavy atom. The summed E-state index contributed by atoms with van der Waals surface area (Å²) in [7, 11) is 1.89. The Balaban J connectivity index is 2.32. The molecule has 1 atom stereocenters. The summed E-state index contributed by atoms with van der Waals surface area (Å²) in [4.78, 5) is 8.40. The second kappa shape index (κ2) is 5.49. The number of hydrogen-bond donors (Lipinski definition) is 1. The minimum atomic E-state index is -0.0229. The van der Waals surface area contributed by atoms with E-state index >= 15 is 0 Å². The second-order valence-electron chi connectivity index (χ2n) is 3.73. The van der Waals surface area contributed by atoms with Gasteiger partial charge in [0.2, 0.25) is 0 Å². The summed E-state index contributed by atoms with van der Waals surface area (Å²) in [5.74, 6) is 0. The van der Waals surface area contributed by atoms with Gasteiger partial charge in [-0.15, -0.1) is 5.10 Å². The van der Waals surface area contributed by atoms with Crippen molar-refractivity contribution in [2.45, 2.75) is 25.9 Å². The van der Waals surface area contributed by atoms with Gasteiger partial charge in [0, 0.05) is 18.9 Å². The van der Waals surface area contributed by atoms with Gasteiger partial charge in [0.25, 0.3) is 0 Å². The van der Waals surface area contributed by atoms with Crippen molar-refractivity contribution in [1.82, 2.24) is 30.3 Å². The molecule has 0 amide bonds. The molecule has 2 heterocycles. The van der Waals surface area contributed by atoms with Crippen LogP contribution < -0.4 is 5.32 Å². The average Bonchev–Trinajstić information content (AvgIpc) is 2.81. The summed E-state index contributed by atoms with van der Waals surface area (Å²) >= 11 is 0. The molecule has 0 aliphatic rings. The first-order valence-corrected chi connectivity index (χ1v) is 5.68. The normalized spacial score (nSPS) is 12.6. The Kier molecular flexibility index (Phi) is 3.77. The van der Waals surface area contributed by atoms with Crippen LogP contribution in [-0.4, -0.2) is 32.0 Å². The van der Waals surface area contributed by atoms with Gasteiger partial charge in [-0.1, -0.05) is 12.1 Å². The fourth-order valence-corrected chi connectivity index (χ4v) is 1.78. The minimum absolute atomic E-state index is 0.0229. The van der Waals surface area contributed by atoms with E-state index in [1.807, 2.05) is 11.7 Å². The summed E-state index contributed by atoms with van der Waals surface area (Å²) in [6, 6.07) is -0.0229. The zero-order chi connectivity index (χ0) is 12.1. The zero-order valence-corrected chi connectivity index (χ0v) is 10.0. The van der Waals surface area contributed by atoms with Gasteiger partial charge >= 0.3 is 0 Å². The van der Waals surface area contributed by atoms with Crippen LogP contribution in [-0.2, 0) is 6.54 Å². The molecule has 0 saturated carbocycles. The van der Waals surface area contributed by atoms with E-state index in [1.165, 1.54) is 0 Å². The molecule has 6 heteroatoms. The smallest absolute Gasteiger partial charge is 0.0951 e. The van der Waals surface area contributed by atoms with Crippen LogP contribution >= 0.6 is 0 Å². The molecule has 2 aromatic rings. The van der Waals surface area contributed by atoms with Crippen molar-refractivity contribution in [2.75, 3.05) is 7.05 Å². The standard InChI is InChI=1S/C11H16N6/c1-3-6-17-10(8-15-16-17)11(12-2)9-7-13-4-5-14-9/h4-5,7-8,11-12H,3,6H2,1-2H3. The van der Waals surface area contributed by atoms with Crippen LogP contribution in [0.15, 0.2) is 24.8 Å². The highest BCUT2D eigenvalue weighted by Crippen LogP contribution is 2.17. The van der Waals surface area contributed by atoms with Gasteiger partial charge in [-0.2, -0.15) is 0 Å². The molecule has 90 valence electrons. The van der Waals surface area contributed by atoms with Gasteiger partial charge in [-0.05, 0) is 13.5 Å². The molecule has 0 aromatic carbocycles.